The third-order valence-corrected chi connectivity index (χ3v) is 4.32. The molecule has 3 heterocycles. The predicted octanol–water partition coefficient (Wildman–Crippen LogP) is 1.62. The molecule has 0 radical (unpaired) electrons. The average molecular weight is 333 g/mol. The molecule has 2 aromatic rings. The lowest BCUT2D eigenvalue weighted by Crippen LogP contribution is -2.52. The van der Waals surface area contributed by atoms with Crippen LogP contribution in [0.2, 0.25) is 0 Å². The molecule has 1 saturated heterocycles. The molecule has 1 aliphatic rings. The number of nitrogens with zero attached hydrogens (tertiary/aromatic N) is 2. The summed E-state index contributed by atoms with van der Waals surface area (Å²) < 4.78 is 10.3. The number of likely N-dealkylation sites (tertiary alicyclic amines) is 1. The fourth-order valence-corrected chi connectivity index (χ4v) is 3.09. The zero-order chi connectivity index (χ0) is 17.2. The van der Waals surface area contributed by atoms with Crippen molar-refractivity contribution in [3.63, 3.8) is 0 Å². The van der Waals surface area contributed by atoms with Gasteiger partial charge in [-0.2, -0.15) is 5.10 Å². The van der Waals surface area contributed by atoms with Crippen LogP contribution in [-0.4, -0.2) is 58.9 Å². The molecule has 0 spiro atoms. The standard InChI is InChI=1S/C16H19N3O5/c1-23-10-16(15(21)22)5-3-6-19(9-16)14(20)12-8-11(17-18-12)13-4-2-7-24-13/h2,4,7-8H,3,5-6,9-10H2,1H3,(H,17,18)(H,21,22). The number of piperidine rings is 1. The number of carbonyl (C=O) groups excluding carboxylic acids is 1. The van der Waals surface area contributed by atoms with Crippen LogP contribution in [-0.2, 0) is 9.53 Å². The van der Waals surface area contributed by atoms with Gasteiger partial charge in [-0.05, 0) is 25.0 Å². The number of carboxylic acids is 1. The molecule has 1 fully saturated rings. The highest BCUT2D eigenvalue weighted by Crippen LogP contribution is 2.31. The van der Waals surface area contributed by atoms with E-state index in [0.717, 1.165) is 0 Å². The fourth-order valence-electron chi connectivity index (χ4n) is 3.09. The van der Waals surface area contributed by atoms with Crippen LogP contribution in [0, 0.1) is 5.41 Å². The Hall–Kier alpha value is -2.61. The molecular weight excluding hydrogens is 314 g/mol. The highest BCUT2D eigenvalue weighted by atomic mass is 16.5. The Kier molecular flexibility index (Phi) is 4.39. The number of hydrogen-bond donors (Lipinski definition) is 2. The lowest BCUT2D eigenvalue weighted by atomic mass is 9.80. The molecule has 24 heavy (non-hydrogen) atoms. The number of methoxy groups -OCH3 is 1. The molecule has 1 atom stereocenters. The number of H-pyrrole nitrogens is 1. The van der Waals surface area contributed by atoms with E-state index in [1.54, 1.807) is 18.2 Å². The van der Waals surface area contributed by atoms with Crippen LogP contribution < -0.4 is 0 Å². The first-order valence-corrected chi connectivity index (χ1v) is 7.67. The summed E-state index contributed by atoms with van der Waals surface area (Å²) in [5.74, 6) is -0.662. The van der Waals surface area contributed by atoms with Crippen LogP contribution in [0.1, 0.15) is 23.3 Å². The SMILES string of the molecule is COCC1(C(=O)O)CCCN(C(=O)c2cc(-c3ccco3)[nH]n2)C1. The van der Waals surface area contributed by atoms with E-state index in [4.69, 9.17) is 9.15 Å². The number of aromatic nitrogens is 2. The first-order valence-electron chi connectivity index (χ1n) is 7.67. The van der Waals surface area contributed by atoms with E-state index in [-0.39, 0.29) is 24.8 Å². The van der Waals surface area contributed by atoms with Gasteiger partial charge >= 0.3 is 5.97 Å². The van der Waals surface area contributed by atoms with E-state index in [9.17, 15) is 14.7 Å². The molecule has 0 bridgehead atoms. The van der Waals surface area contributed by atoms with E-state index < -0.39 is 11.4 Å². The Balaban J connectivity index is 1.78. The maximum Gasteiger partial charge on any atom is 0.313 e. The van der Waals surface area contributed by atoms with Crippen LogP contribution in [0.25, 0.3) is 11.5 Å². The number of hydrogen-bond acceptors (Lipinski definition) is 5. The molecule has 8 nitrogen and oxygen atoms in total. The van der Waals surface area contributed by atoms with Crippen LogP contribution in [0.4, 0.5) is 0 Å². The Morgan fingerprint density at radius 1 is 1.54 bits per heavy atom. The first kappa shape index (κ1) is 16.3. The lowest BCUT2D eigenvalue weighted by molar-refractivity contribution is -0.155. The summed E-state index contributed by atoms with van der Waals surface area (Å²) in [5, 5.41) is 16.4. The number of aromatic amines is 1. The van der Waals surface area contributed by atoms with E-state index in [2.05, 4.69) is 10.2 Å². The second-order valence-corrected chi connectivity index (χ2v) is 5.99. The average Bonchev–Trinajstić information content (AvgIpc) is 3.25. The molecule has 128 valence electrons. The number of ether oxygens (including phenoxy) is 1. The summed E-state index contributed by atoms with van der Waals surface area (Å²) in [6.45, 7) is 0.683. The summed E-state index contributed by atoms with van der Waals surface area (Å²) in [6, 6.07) is 5.11. The van der Waals surface area contributed by atoms with Gasteiger partial charge in [0.25, 0.3) is 5.91 Å². The summed E-state index contributed by atoms with van der Waals surface area (Å²) in [4.78, 5) is 25.9. The third-order valence-electron chi connectivity index (χ3n) is 4.32. The van der Waals surface area contributed by atoms with Gasteiger partial charge in [-0.1, -0.05) is 0 Å². The zero-order valence-electron chi connectivity index (χ0n) is 13.3. The first-order chi connectivity index (χ1) is 11.6. The molecule has 2 N–H and O–H groups in total. The molecule has 0 aliphatic carbocycles. The zero-order valence-corrected chi connectivity index (χ0v) is 13.3. The minimum atomic E-state index is -1.07. The molecule has 1 unspecified atom stereocenters. The number of carboxylic acid groups (broad SMARTS) is 1. The van der Waals surface area contributed by atoms with Crippen molar-refractivity contribution >= 4 is 11.9 Å². The van der Waals surface area contributed by atoms with Gasteiger partial charge in [0.2, 0.25) is 0 Å². The second-order valence-electron chi connectivity index (χ2n) is 5.99. The summed E-state index contributed by atoms with van der Waals surface area (Å²) in [5.41, 5.74) is -0.232. The number of aliphatic carboxylic acids is 1. The normalized spacial score (nSPS) is 21.0. The second kappa shape index (κ2) is 6.48. The molecule has 2 aromatic heterocycles. The maximum absolute atomic E-state index is 12.7. The number of carbonyl (C=O) groups is 2. The van der Waals surface area contributed by atoms with Gasteiger partial charge in [0, 0.05) is 26.3 Å². The van der Waals surface area contributed by atoms with Crippen molar-refractivity contribution in [2.24, 2.45) is 5.41 Å². The van der Waals surface area contributed by atoms with Crippen molar-refractivity contribution in [1.29, 1.82) is 0 Å². The molecule has 1 amide bonds. The third kappa shape index (κ3) is 2.92. The summed E-state index contributed by atoms with van der Waals surface area (Å²) in [6.07, 6.45) is 2.63. The minimum absolute atomic E-state index is 0.0737. The molecule has 0 saturated carbocycles. The molecular formula is C16H19N3O5. The minimum Gasteiger partial charge on any atom is -0.481 e. The van der Waals surface area contributed by atoms with Gasteiger partial charge in [0.15, 0.2) is 11.5 Å². The molecule has 8 heteroatoms. The van der Waals surface area contributed by atoms with Gasteiger partial charge in [-0.3, -0.25) is 14.7 Å². The van der Waals surface area contributed by atoms with Gasteiger partial charge in [0.1, 0.15) is 11.1 Å². The topological polar surface area (TPSA) is 109 Å². The molecule has 0 aromatic carbocycles. The number of amides is 1. The highest BCUT2D eigenvalue weighted by molar-refractivity contribution is 5.93. The van der Waals surface area contributed by atoms with Crippen molar-refractivity contribution < 1.29 is 23.8 Å². The summed E-state index contributed by atoms with van der Waals surface area (Å²) in [7, 11) is 1.47. The predicted molar refractivity (Wildman–Crippen MR) is 83.4 cm³/mol. The Morgan fingerprint density at radius 3 is 3.04 bits per heavy atom. The van der Waals surface area contributed by atoms with Crippen molar-refractivity contribution in [3.8, 4) is 11.5 Å². The molecule has 1 aliphatic heterocycles. The lowest BCUT2D eigenvalue weighted by Gasteiger charge is -2.39. The van der Waals surface area contributed by atoms with E-state index in [1.807, 2.05) is 0 Å². The van der Waals surface area contributed by atoms with Crippen LogP contribution in [0.5, 0.6) is 0 Å². The smallest absolute Gasteiger partial charge is 0.313 e. The quantitative estimate of drug-likeness (QED) is 0.861. The van der Waals surface area contributed by atoms with Gasteiger partial charge in [0.05, 0.1) is 12.9 Å². The van der Waals surface area contributed by atoms with E-state index >= 15 is 0 Å². The number of nitrogens with one attached hydrogen (secondary N) is 1. The van der Waals surface area contributed by atoms with Gasteiger partial charge < -0.3 is 19.2 Å². The van der Waals surface area contributed by atoms with Gasteiger partial charge in [-0.25, -0.2) is 0 Å². The maximum atomic E-state index is 12.7. The van der Waals surface area contributed by atoms with E-state index in [0.29, 0.717) is 30.8 Å². The number of rotatable bonds is 5. The van der Waals surface area contributed by atoms with Crippen LogP contribution in [0.3, 0.4) is 0 Å². The largest absolute Gasteiger partial charge is 0.481 e. The van der Waals surface area contributed by atoms with E-state index in [1.165, 1.54) is 18.3 Å². The summed E-state index contributed by atoms with van der Waals surface area (Å²) >= 11 is 0. The fraction of sp³-hybridized carbons (Fsp3) is 0.438. The van der Waals surface area contributed by atoms with Crippen molar-refractivity contribution in [3.05, 3.63) is 30.2 Å². The Morgan fingerprint density at radius 2 is 2.38 bits per heavy atom. The Labute approximate surface area is 138 Å². The van der Waals surface area contributed by atoms with Crippen LogP contribution in [0.15, 0.2) is 28.9 Å². The Bertz CT molecular complexity index is 720. The number of furan rings is 1. The highest BCUT2D eigenvalue weighted by Gasteiger charge is 2.44. The van der Waals surface area contributed by atoms with Gasteiger partial charge in [-0.15, -0.1) is 0 Å². The monoisotopic (exact) mass is 333 g/mol. The van der Waals surface area contributed by atoms with Crippen LogP contribution >= 0.6 is 0 Å². The van der Waals surface area contributed by atoms with Crippen molar-refractivity contribution in [2.45, 2.75) is 12.8 Å². The van der Waals surface area contributed by atoms with Crippen molar-refractivity contribution in [1.82, 2.24) is 15.1 Å². The van der Waals surface area contributed by atoms with Crippen molar-refractivity contribution in [2.75, 3.05) is 26.8 Å². The molecule has 3 rings (SSSR count).